The monoisotopic (exact) mass is 438 g/mol. The van der Waals surface area contributed by atoms with Crippen LogP contribution in [0, 0.1) is 5.92 Å². The van der Waals surface area contributed by atoms with Crippen molar-refractivity contribution in [2.24, 2.45) is 11.7 Å². The fourth-order valence-electron chi connectivity index (χ4n) is 2.65. The zero-order valence-electron chi connectivity index (χ0n) is 17.5. The van der Waals surface area contributed by atoms with E-state index in [2.05, 4.69) is 16.0 Å². The second-order valence-electron chi connectivity index (χ2n) is 7.21. The first-order chi connectivity index (χ1) is 14.6. The van der Waals surface area contributed by atoms with Crippen LogP contribution in [0.4, 0.5) is 0 Å². The van der Waals surface area contributed by atoms with Gasteiger partial charge in [0.25, 0.3) is 0 Å². The summed E-state index contributed by atoms with van der Waals surface area (Å²) in [6, 6.07) is 2.86. The first-order valence-corrected chi connectivity index (χ1v) is 9.83. The van der Waals surface area contributed by atoms with E-state index in [1.807, 2.05) is 6.92 Å². The molecule has 0 saturated carbocycles. The van der Waals surface area contributed by atoms with Crippen molar-refractivity contribution in [2.45, 2.75) is 44.8 Å². The topological polar surface area (TPSA) is 191 Å². The van der Waals surface area contributed by atoms with Crippen LogP contribution < -0.4 is 21.7 Å². The SMILES string of the molecule is CC[C@H](C)[C@H](NC(=O)[C@@H](N)Cc1ccc(O)cc1)C(=O)NCC(=O)N[C@@H](CO)C(=O)O. The Balaban J connectivity index is 2.69. The number of carboxylic acid groups (broad SMARTS) is 1. The molecule has 3 amide bonds. The number of aromatic hydroxyl groups is 1. The van der Waals surface area contributed by atoms with E-state index in [0.717, 1.165) is 5.56 Å². The number of hydrogen-bond donors (Lipinski definition) is 7. The number of nitrogens with two attached hydrogens (primary N) is 1. The van der Waals surface area contributed by atoms with Crippen LogP contribution in [0.1, 0.15) is 25.8 Å². The van der Waals surface area contributed by atoms with Crippen LogP contribution in [0.2, 0.25) is 0 Å². The number of nitrogens with one attached hydrogen (secondary N) is 3. The smallest absolute Gasteiger partial charge is 0.328 e. The minimum absolute atomic E-state index is 0.0907. The van der Waals surface area contributed by atoms with Crippen molar-refractivity contribution in [1.29, 1.82) is 0 Å². The summed E-state index contributed by atoms with van der Waals surface area (Å²) in [7, 11) is 0. The number of amides is 3. The number of aliphatic hydroxyl groups excluding tert-OH is 1. The lowest BCUT2D eigenvalue weighted by atomic mass is 9.97. The number of hydrogen-bond acceptors (Lipinski definition) is 7. The molecule has 1 aromatic rings. The number of benzene rings is 1. The Labute approximate surface area is 180 Å². The lowest BCUT2D eigenvalue weighted by Gasteiger charge is -2.25. The number of phenolic OH excluding ortho intramolecular Hbond substituents is 1. The van der Waals surface area contributed by atoms with Gasteiger partial charge in [0.1, 0.15) is 17.8 Å². The molecule has 1 aromatic carbocycles. The fraction of sp³-hybridized carbons (Fsp3) is 0.500. The summed E-state index contributed by atoms with van der Waals surface area (Å²) < 4.78 is 0. The Morgan fingerprint density at radius 3 is 2.19 bits per heavy atom. The molecule has 0 fully saturated rings. The molecule has 11 heteroatoms. The molecule has 0 aliphatic carbocycles. The largest absolute Gasteiger partial charge is 0.508 e. The minimum Gasteiger partial charge on any atom is -0.508 e. The molecule has 8 N–H and O–H groups in total. The Morgan fingerprint density at radius 2 is 1.68 bits per heavy atom. The van der Waals surface area contributed by atoms with Gasteiger partial charge in [-0.15, -0.1) is 0 Å². The van der Waals surface area contributed by atoms with E-state index in [1.165, 1.54) is 12.1 Å². The molecule has 1 rings (SSSR count). The van der Waals surface area contributed by atoms with E-state index < -0.39 is 55.0 Å². The van der Waals surface area contributed by atoms with Crippen molar-refractivity contribution in [3.63, 3.8) is 0 Å². The Morgan fingerprint density at radius 1 is 1.06 bits per heavy atom. The molecule has 0 spiro atoms. The van der Waals surface area contributed by atoms with Gasteiger partial charge in [-0.3, -0.25) is 14.4 Å². The normalized spacial score (nSPS) is 14.6. The van der Waals surface area contributed by atoms with Crippen molar-refractivity contribution < 1.29 is 34.5 Å². The Bertz CT molecular complexity index is 769. The van der Waals surface area contributed by atoms with Gasteiger partial charge < -0.3 is 37.0 Å². The van der Waals surface area contributed by atoms with Gasteiger partial charge in [-0.25, -0.2) is 4.79 Å². The maximum Gasteiger partial charge on any atom is 0.328 e. The van der Waals surface area contributed by atoms with Crippen molar-refractivity contribution in [3.05, 3.63) is 29.8 Å². The maximum atomic E-state index is 12.6. The predicted octanol–water partition coefficient (Wildman–Crippen LogP) is -1.53. The second-order valence-corrected chi connectivity index (χ2v) is 7.21. The third-order valence-electron chi connectivity index (χ3n) is 4.76. The number of phenols is 1. The number of rotatable bonds is 12. The van der Waals surface area contributed by atoms with E-state index in [4.69, 9.17) is 15.9 Å². The third kappa shape index (κ3) is 8.60. The number of carboxylic acids is 1. The van der Waals surface area contributed by atoms with Gasteiger partial charge in [0.15, 0.2) is 0 Å². The summed E-state index contributed by atoms with van der Waals surface area (Å²) in [4.78, 5) is 47.7. The molecule has 0 aliphatic heterocycles. The molecular formula is C20H30N4O7. The highest BCUT2D eigenvalue weighted by atomic mass is 16.4. The summed E-state index contributed by atoms with van der Waals surface area (Å²) in [6.45, 7) is 2.27. The first kappa shape index (κ1) is 25.9. The molecular weight excluding hydrogens is 408 g/mol. The highest BCUT2D eigenvalue weighted by Gasteiger charge is 2.28. The van der Waals surface area contributed by atoms with Gasteiger partial charge >= 0.3 is 5.97 Å². The first-order valence-electron chi connectivity index (χ1n) is 9.83. The third-order valence-corrected chi connectivity index (χ3v) is 4.76. The summed E-state index contributed by atoms with van der Waals surface area (Å²) >= 11 is 0. The van der Waals surface area contributed by atoms with Gasteiger partial charge in [0.2, 0.25) is 17.7 Å². The zero-order valence-corrected chi connectivity index (χ0v) is 17.5. The average molecular weight is 438 g/mol. The molecule has 0 radical (unpaired) electrons. The second kappa shape index (κ2) is 12.5. The number of aliphatic hydroxyl groups is 1. The van der Waals surface area contributed by atoms with E-state index >= 15 is 0 Å². The van der Waals surface area contributed by atoms with Crippen LogP contribution in [0.3, 0.4) is 0 Å². The van der Waals surface area contributed by atoms with E-state index in [1.54, 1.807) is 19.1 Å². The van der Waals surface area contributed by atoms with Crippen LogP contribution >= 0.6 is 0 Å². The van der Waals surface area contributed by atoms with Crippen molar-refractivity contribution in [1.82, 2.24) is 16.0 Å². The van der Waals surface area contributed by atoms with E-state index in [-0.39, 0.29) is 18.1 Å². The summed E-state index contributed by atoms with van der Waals surface area (Å²) in [5, 5.41) is 34.1. The van der Waals surface area contributed by atoms with E-state index in [9.17, 15) is 24.3 Å². The lowest BCUT2D eigenvalue weighted by molar-refractivity contribution is -0.142. The highest BCUT2D eigenvalue weighted by Crippen LogP contribution is 2.12. The molecule has 4 atom stereocenters. The highest BCUT2D eigenvalue weighted by molar-refractivity contribution is 5.92. The van der Waals surface area contributed by atoms with E-state index in [0.29, 0.717) is 6.42 Å². The van der Waals surface area contributed by atoms with Gasteiger partial charge in [-0.1, -0.05) is 32.4 Å². The van der Waals surface area contributed by atoms with Crippen LogP contribution in [0.15, 0.2) is 24.3 Å². The molecule has 0 heterocycles. The summed E-state index contributed by atoms with van der Waals surface area (Å²) in [5.74, 6) is -3.55. The molecule has 31 heavy (non-hydrogen) atoms. The Kier molecular flexibility index (Phi) is 10.4. The van der Waals surface area contributed by atoms with Gasteiger partial charge in [0.05, 0.1) is 19.2 Å². The predicted molar refractivity (Wildman–Crippen MR) is 111 cm³/mol. The number of carbonyl (C=O) groups is 4. The van der Waals surface area contributed by atoms with Gasteiger partial charge in [-0.05, 0) is 30.0 Å². The van der Waals surface area contributed by atoms with Crippen LogP contribution in [0.5, 0.6) is 5.75 Å². The molecule has 0 aliphatic rings. The Hall–Kier alpha value is -3.18. The van der Waals surface area contributed by atoms with Crippen LogP contribution in [0.25, 0.3) is 0 Å². The molecule has 172 valence electrons. The van der Waals surface area contributed by atoms with Crippen molar-refractivity contribution >= 4 is 23.7 Å². The number of aliphatic carboxylic acids is 1. The summed E-state index contributed by atoms with van der Waals surface area (Å²) in [5.41, 5.74) is 6.68. The molecule has 0 aromatic heterocycles. The molecule has 11 nitrogen and oxygen atoms in total. The quantitative estimate of drug-likeness (QED) is 0.204. The lowest BCUT2D eigenvalue weighted by Crippen LogP contribution is -2.56. The molecule has 0 bridgehead atoms. The van der Waals surface area contributed by atoms with Crippen molar-refractivity contribution in [2.75, 3.05) is 13.2 Å². The fourth-order valence-corrected chi connectivity index (χ4v) is 2.65. The van der Waals surface area contributed by atoms with Gasteiger partial charge in [0, 0.05) is 0 Å². The zero-order chi connectivity index (χ0) is 23.6. The average Bonchev–Trinajstić information content (AvgIpc) is 2.74. The van der Waals surface area contributed by atoms with Crippen LogP contribution in [-0.4, -0.2) is 70.3 Å². The van der Waals surface area contributed by atoms with Crippen molar-refractivity contribution in [3.8, 4) is 5.75 Å². The minimum atomic E-state index is -1.48. The standard InChI is InChI=1S/C20H30N4O7/c1-3-11(2)17(19(29)22-9-16(27)23-15(10-25)20(30)31)24-18(28)14(21)8-12-4-6-13(26)7-5-12/h4-7,11,14-15,17,25-26H,3,8-10,21H2,1-2H3,(H,22,29)(H,23,27)(H,24,28)(H,30,31)/t11-,14-,15-,17-/m0/s1. The summed E-state index contributed by atoms with van der Waals surface area (Å²) in [6.07, 6.45) is 0.754. The molecule has 0 unspecified atom stereocenters. The van der Waals surface area contributed by atoms with Gasteiger partial charge in [-0.2, -0.15) is 0 Å². The van der Waals surface area contributed by atoms with Crippen LogP contribution in [-0.2, 0) is 25.6 Å². The number of carbonyl (C=O) groups excluding carboxylic acids is 3. The molecule has 0 saturated heterocycles. The maximum absolute atomic E-state index is 12.6.